The highest BCUT2D eigenvalue weighted by atomic mass is 16.5. The third-order valence-corrected chi connectivity index (χ3v) is 7.50. The molecule has 2 aromatic rings. The van der Waals surface area contributed by atoms with Crippen molar-refractivity contribution in [2.75, 3.05) is 44.8 Å². The van der Waals surface area contributed by atoms with Gasteiger partial charge in [0.15, 0.2) is 0 Å². The Labute approximate surface area is 211 Å². The summed E-state index contributed by atoms with van der Waals surface area (Å²) >= 11 is 0. The number of carbonyl (C=O) groups excluding carboxylic acids is 3. The van der Waals surface area contributed by atoms with E-state index in [1.807, 2.05) is 48.2 Å². The molecule has 0 bridgehead atoms. The molecule has 3 aliphatic rings. The lowest BCUT2D eigenvalue weighted by molar-refractivity contribution is -0.143. The highest BCUT2D eigenvalue weighted by molar-refractivity contribution is 6.11. The first-order chi connectivity index (χ1) is 17.5. The molecular formula is C28H33N3O5. The monoisotopic (exact) mass is 491 g/mol. The predicted octanol–water partition coefficient (Wildman–Crippen LogP) is 2.99. The second-order valence-electron chi connectivity index (χ2n) is 9.73. The zero-order valence-electron chi connectivity index (χ0n) is 20.9. The molecule has 2 heterocycles. The van der Waals surface area contributed by atoms with E-state index >= 15 is 0 Å². The zero-order valence-corrected chi connectivity index (χ0v) is 20.9. The summed E-state index contributed by atoms with van der Waals surface area (Å²) in [7, 11) is 1.58. The number of ether oxygens (including phenoxy) is 2. The normalized spacial score (nSPS) is 22.2. The number of hydrogen-bond acceptors (Lipinski definition) is 6. The average Bonchev–Trinajstić information content (AvgIpc) is 3.70. The van der Waals surface area contributed by atoms with Gasteiger partial charge in [0.2, 0.25) is 17.7 Å². The van der Waals surface area contributed by atoms with Gasteiger partial charge >= 0.3 is 0 Å². The molecule has 1 saturated carbocycles. The lowest BCUT2D eigenvalue weighted by atomic mass is 9.75. The summed E-state index contributed by atoms with van der Waals surface area (Å²) in [6.07, 6.45) is 1.70. The molecule has 190 valence electrons. The smallest absolute Gasteiger partial charge is 0.241 e. The Morgan fingerprint density at radius 3 is 2.33 bits per heavy atom. The van der Waals surface area contributed by atoms with Gasteiger partial charge in [-0.15, -0.1) is 0 Å². The van der Waals surface area contributed by atoms with Crippen LogP contribution < -0.4 is 14.4 Å². The minimum Gasteiger partial charge on any atom is -0.497 e. The quantitative estimate of drug-likeness (QED) is 0.529. The third kappa shape index (κ3) is 4.40. The summed E-state index contributed by atoms with van der Waals surface area (Å²) in [6.45, 7) is 5.00. The van der Waals surface area contributed by atoms with Crippen molar-refractivity contribution in [2.45, 2.75) is 44.1 Å². The molecule has 0 aromatic heterocycles. The van der Waals surface area contributed by atoms with Crippen molar-refractivity contribution in [3.63, 3.8) is 0 Å². The summed E-state index contributed by atoms with van der Waals surface area (Å²) in [6, 6.07) is 15.1. The second-order valence-corrected chi connectivity index (χ2v) is 9.73. The first kappa shape index (κ1) is 24.2. The summed E-state index contributed by atoms with van der Waals surface area (Å²) in [5.74, 6) is 0.997. The fourth-order valence-corrected chi connectivity index (χ4v) is 5.40. The lowest BCUT2D eigenvalue weighted by Crippen LogP contribution is -2.51. The predicted molar refractivity (Wildman–Crippen MR) is 135 cm³/mol. The molecule has 2 saturated heterocycles. The van der Waals surface area contributed by atoms with Crippen LogP contribution in [0.15, 0.2) is 48.5 Å². The van der Waals surface area contributed by atoms with E-state index in [1.165, 1.54) is 4.90 Å². The Balaban J connectivity index is 1.34. The number of para-hydroxylation sites is 2. The summed E-state index contributed by atoms with van der Waals surface area (Å²) < 4.78 is 11.1. The van der Waals surface area contributed by atoms with E-state index in [2.05, 4.69) is 4.90 Å². The summed E-state index contributed by atoms with van der Waals surface area (Å²) in [4.78, 5) is 45.7. The molecule has 5 rings (SSSR count). The molecular weight excluding hydrogens is 458 g/mol. The van der Waals surface area contributed by atoms with Gasteiger partial charge < -0.3 is 19.3 Å². The van der Waals surface area contributed by atoms with Crippen molar-refractivity contribution in [3.8, 4) is 11.5 Å². The van der Waals surface area contributed by atoms with Gasteiger partial charge in [-0.05, 0) is 49.6 Å². The molecule has 8 heteroatoms. The van der Waals surface area contributed by atoms with E-state index in [4.69, 9.17) is 9.47 Å². The van der Waals surface area contributed by atoms with Crippen molar-refractivity contribution in [1.29, 1.82) is 0 Å². The number of rotatable bonds is 8. The minimum absolute atomic E-state index is 0.0113. The molecule has 2 aromatic carbocycles. The largest absolute Gasteiger partial charge is 0.497 e. The fourth-order valence-electron chi connectivity index (χ4n) is 5.40. The molecule has 3 fully saturated rings. The number of amides is 3. The molecule has 36 heavy (non-hydrogen) atoms. The Bertz CT molecular complexity index is 1140. The van der Waals surface area contributed by atoms with Crippen LogP contribution in [0, 0.1) is 0 Å². The topological polar surface area (TPSA) is 79.4 Å². The van der Waals surface area contributed by atoms with Gasteiger partial charge in [0.05, 0.1) is 24.8 Å². The van der Waals surface area contributed by atoms with Crippen LogP contribution in [0.4, 0.5) is 5.69 Å². The minimum atomic E-state index is -1.16. The third-order valence-electron chi connectivity index (χ3n) is 7.50. The number of benzene rings is 2. The number of likely N-dealkylation sites (tertiary alicyclic amines) is 1. The Morgan fingerprint density at radius 1 is 1.00 bits per heavy atom. The van der Waals surface area contributed by atoms with E-state index < -0.39 is 5.41 Å². The fraction of sp³-hybridized carbons (Fsp3) is 0.464. The number of imide groups is 1. The SMILES string of the molecule is CCOc1ccccc1N1CCN(C(=O)CC2(c3ccc(OC)cc3)CC(=O)N(C3CC3)C2=O)CC1. The molecule has 2 aliphatic heterocycles. The second kappa shape index (κ2) is 9.84. The molecule has 3 amide bonds. The van der Waals surface area contributed by atoms with Crippen molar-refractivity contribution in [3.05, 3.63) is 54.1 Å². The molecule has 8 nitrogen and oxygen atoms in total. The van der Waals surface area contributed by atoms with Gasteiger partial charge in [0.25, 0.3) is 0 Å². The highest BCUT2D eigenvalue weighted by Gasteiger charge is 2.57. The van der Waals surface area contributed by atoms with Crippen LogP contribution in [-0.4, -0.2) is 73.5 Å². The molecule has 1 aliphatic carbocycles. The van der Waals surface area contributed by atoms with Gasteiger partial charge in [-0.3, -0.25) is 19.3 Å². The Morgan fingerprint density at radius 2 is 1.69 bits per heavy atom. The van der Waals surface area contributed by atoms with E-state index in [1.54, 1.807) is 19.2 Å². The van der Waals surface area contributed by atoms with Crippen LogP contribution in [-0.2, 0) is 19.8 Å². The lowest BCUT2D eigenvalue weighted by Gasteiger charge is -2.38. The molecule has 0 spiro atoms. The van der Waals surface area contributed by atoms with Gasteiger partial charge in [0, 0.05) is 45.1 Å². The molecule has 0 N–H and O–H groups in total. The van der Waals surface area contributed by atoms with Gasteiger partial charge in [-0.1, -0.05) is 24.3 Å². The van der Waals surface area contributed by atoms with Crippen LogP contribution in [0.25, 0.3) is 0 Å². The van der Waals surface area contributed by atoms with Crippen LogP contribution >= 0.6 is 0 Å². The summed E-state index contributed by atoms with van der Waals surface area (Å²) in [5, 5.41) is 0. The summed E-state index contributed by atoms with van der Waals surface area (Å²) in [5.41, 5.74) is 0.557. The van der Waals surface area contributed by atoms with Crippen molar-refractivity contribution >= 4 is 23.4 Å². The zero-order chi connectivity index (χ0) is 25.3. The van der Waals surface area contributed by atoms with Crippen LogP contribution in [0.3, 0.4) is 0 Å². The maximum Gasteiger partial charge on any atom is 0.241 e. The number of anilines is 1. The standard InChI is InChI=1S/C28H33N3O5/c1-3-36-24-7-5-4-6-23(24)29-14-16-30(17-15-29)25(32)18-28(20-8-12-22(35-2)13-9-20)19-26(33)31(27(28)34)21-10-11-21/h4-9,12-13,21H,3,10-11,14-19H2,1-2H3. The molecule has 1 atom stereocenters. The first-order valence-corrected chi connectivity index (χ1v) is 12.7. The number of carbonyl (C=O) groups is 3. The number of hydrogen-bond donors (Lipinski definition) is 0. The van der Waals surface area contributed by atoms with Gasteiger partial charge in [-0.25, -0.2) is 0 Å². The van der Waals surface area contributed by atoms with E-state index in [9.17, 15) is 14.4 Å². The van der Waals surface area contributed by atoms with Gasteiger partial charge in [0.1, 0.15) is 11.5 Å². The number of piperazine rings is 1. The maximum atomic E-state index is 13.7. The van der Waals surface area contributed by atoms with Crippen LogP contribution in [0.2, 0.25) is 0 Å². The number of nitrogens with zero attached hydrogens (tertiary/aromatic N) is 3. The van der Waals surface area contributed by atoms with E-state index in [0.29, 0.717) is 44.1 Å². The van der Waals surface area contributed by atoms with E-state index in [0.717, 1.165) is 24.3 Å². The van der Waals surface area contributed by atoms with Crippen molar-refractivity contribution in [1.82, 2.24) is 9.80 Å². The van der Waals surface area contributed by atoms with Crippen molar-refractivity contribution in [2.24, 2.45) is 0 Å². The maximum absolute atomic E-state index is 13.7. The number of methoxy groups -OCH3 is 1. The molecule has 1 unspecified atom stereocenters. The van der Waals surface area contributed by atoms with Crippen LogP contribution in [0.1, 0.15) is 38.2 Å². The first-order valence-electron chi connectivity index (χ1n) is 12.7. The van der Waals surface area contributed by atoms with E-state index in [-0.39, 0.29) is 36.6 Å². The highest BCUT2D eigenvalue weighted by Crippen LogP contribution is 2.45. The Hall–Kier alpha value is -3.55. The van der Waals surface area contributed by atoms with Gasteiger partial charge in [-0.2, -0.15) is 0 Å². The van der Waals surface area contributed by atoms with Crippen LogP contribution in [0.5, 0.6) is 11.5 Å². The molecule has 0 radical (unpaired) electrons. The Kier molecular flexibility index (Phi) is 6.60. The average molecular weight is 492 g/mol. The van der Waals surface area contributed by atoms with Crippen molar-refractivity contribution < 1.29 is 23.9 Å².